The van der Waals surface area contributed by atoms with E-state index in [-0.39, 0.29) is 12.5 Å². The summed E-state index contributed by atoms with van der Waals surface area (Å²) in [7, 11) is 0. The van der Waals surface area contributed by atoms with Crippen molar-refractivity contribution in [2.24, 2.45) is 0 Å². The Bertz CT molecular complexity index is 879. The van der Waals surface area contributed by atoms with E-state index >= 15 is 0 Å². The van der Waals surface area contributed by atoms with Crippen LogP contribution in [0.25, 0.3) is 0 Å². The predicted octanol–water partition coefficient (Wildman–Crippen LogP) is 2.85. The van der Waals surface area contributed by atoms with E-state index in [2.05, 4.69) is 17.0 Å². The molecule has 0 aliphatic carbocycles. The Kier molecular flexibility index (Phi) is 4.47. The van der Waals surface area contributed by atoms with Gasteiger partial charge in [-0.25, -0.2) is 0 Å². The lowest BCUT2D eigenvalue weighted by atomic mass is 10.1. The van der Waals surface area contributed by atoms with Crippen molar-refractivity contribution >= 4 is 11.6 Å². The Morgan fingerprint density at radius 3 is 2.61 bits per heavy atom. The van der Waals surface area contributed by atoms with E-state index in [1.54, 1.807) is 0 Å². The molecule has 0 saturated carbocycles. The Hall–Kier alpha value is -2.89. The van der Waals surface area contributed by atoms with E-state index in [0.29, 0.717) is 31.2 Å². The molecule has 2 aromatic carbocycles. The monoisotopic (exact) mass is 380 g/mol. The molecule has 1 amide bonds. The number of carbonyl (C=O) groups excluding carboxylic acids is 1. The van der Waals surface area contributed by atoms with Crippen molar-refractivity contribution < 1.29 is 19.0 Å². The highest BCUT2D eigenvalue weighted by Crippen LogP contribution is 2.33. The maximum Gasteiger partial charge on any atom is 0.267 e. The van der Waals surface area contributed by atoms with Crippen LogP contribution in [0.1, 0.15) is 18.4 Å². The van der Waals surface area contributed by atoms with Gasteiger partial charge in [-0.05, 0) is 43.2 Å². The van der Waals surface area contributed by atoms with Gasteiger partial charge < -0.3 is 24.0 Å². The second-order valence-corrected chi connectivity index (χ2v) is 7.46. The first-order chi connectivity index (χ1) is 13.8. The number of hydrogen-bond donors (Lipinski definition) is 0. The Morgan fingerprint density at radius 2 is 1.75 bits per heavy atom. The van der Waals surface area contributed by atoms with Crippen LogP contribution in [0.4, 0.5) is 5.69 Å². The van der Waals surface area contributed by atoms with Gasteiger partial charge in [-0.3, -0.25) is 4.79 Å². The summed E-state index contributed by atoms with van der Waals surface area (Å²) in [6.07, 6.45) is 1.84. The first kappa shape index (κ1) is 17.2. The summed E-state index contributed by atoms with van der Waals surface area (Å²) in [5.74, 6) is 2.11. The number of para-hydroxylation sites is 2. The molecule has 28 heavy (non-hydrogen) atoms. The molecular formula is C22H24N2O4. The van der Waals surface area contributed by atoms with Crippen molar-refractivity contribution in [2.45, 2.75) is 25.5 Å². The molecule has 1 saturated heterocycles. The van der Waals surface area contributed by atoms with Gasteiger partial charge in [-0.15, -0.1) is 0 Å². The fourth-order valence-corrected chi connectivity index (χ4v) is 4.09. The minimum atomic E-state index is -0.627. The Balaban J connectivity index is 1.34. The molecule has 1 fully saturated rings. The third-order valence-electron chi connectivity index (χ3n) is 5.59. The molecule has 5 rings (SSSR count). The van der Waals surface area contributed by atoms with Gasteiger partial charge in [0.15, 0.2) is 11.5 Å². The van der Waals surface area contributed by atoms with Gasteiger partial charge >= 0.3 is 0 Å². The van der Waals surface area contributed by atoms with Crippen LogP contribution in [0.15, 0.2) is 42.5 Å². The van der Waals surface area contributed by atoms with Crippen LogP contribution >= 0.6 is 0 Å². The average Bonchev–Trinajstić information content (AvgIpc) is 3.19. The number of hydrogen-bond acceptors (Lipinski definition) is 5. The van der Waals surface area contributed by atoms with Crippen LogP contribution in [0.2, 0.25) is 0 Å². The van der Waals surface area contributed by atoms with Gasteiger partial charge in [0.05, 0.1) is 6.54 Å². The molecule has 0 N–H and O–H groups in total. The van der Waals surface area contributed by atoms with Crippen molar-refractivity contribution in [3.8, 4) is 17.2 Å². The smallest absolute Gasteiger partial charge is 0.267 e. The molecule has 3 aliphatic heterocycles. The highest BCUT2D eigenvalue weighted by Gasteiger charge is 2.32. The molecule has 3 heterocycles. The number of carbonyl (C=O) groups is 1. The molecule has 6 nitrogen and oxygen atoms in total. The standard InChI is InChI=1S/C22H24N2O4/c25-22(21-15-27-19-5-1-2-6-20(19)28-21)24-11-12-26-18-8-7-17(13-16(18)14-24)23-9-3-4-10-23/h1-2,5-8,13,21H,3-4,9-12,14-15H2. The molecular weight excluding hydrogens is 356 g/mol. The van der Waals surface area contributed by atoms with Crippen molar-refractivity contribution in [3.05, 3.63) is 48.0 Å². The van der Waals surface area contributed by atoms with E-state index in [4.69, 9.17) is 14.2 Å². The molecule has 2 aromatic rings. The Labute approximate surface area is 164 Å². The largest absolute Gasteiger partial charge is 0.491 e. The van der Waals surface area contributed by atoms with E-state index in [0.717, 1.165) is 24.4 Å². The fraction of sp³-hybridized carbons (Fsp3) is 0.409. The lowest BCUT2D eigenvalue weighted by Crippen LogP contribution is -2.46. The summed E-state index contributed by atoms with van der Waals surface area (Å²) in [4.78, 5) is 17.3. The fourth-order valence-electron chi connectivity index (χ4n) is 4.09. The van der Waals surface area contributed by atoms with Crippen LogP contribution in [-0.2, 0) is 11.3 Å². The van der Waals surface area contributed by atoms with Crippen LogP contribution < -0.4 is 19.1 Å². The van der Waals surface area contributed by atoms with Gasteiger partial charge in [0.25, 0.3) is 5.91 Å². The summed E-state index contributed by atoms with van der Waals surface area (Å²) in [6, 6.07) is 13.8. The van der Waals surface area contributed by atoms with Crippen molar-refractivity contribution in [1.29, 1.82) is 0 Å². The number of benzene rings is 2. The molecule has 0 bridgehead atoms. The summed E-state index contributed by atoms with van der Waals surface area (Å²) in [5, 5.41) is 0. The quantitative estimate of drug-likeness (QED) is 0.802. The molecule has 1 atom stereocenters. The third kappa shape index (κ3) is 3.23. The maximum atomic E-state index is 13.1. The van der Waals surface area contributed by atoms with Gasteiger partial charge in [-0.2, -0.15) is 0 Å². The summed E-state index contributed by atoms with van der Waals surface area (Å²) in [6.45, 7) is 3.95. The SMILES string of the molecule is O=C(C1COc2ccccc2O1)N1CCOc2ccc(N3CCCC3)cc2C1. The second kappa shape index (κ2) is 7.26. The Morgan fingerprint density at radius 1 is 0.929 bits per heavy atom. The molecule has 6 heteroatoms. The topological polar surface area (TPSA) is 51.2 Å². The number of amides is 1. The number of rotatable bonds is 2. The zero-order valence-corrected chi connectivity index (χ0v) is 15.8. The molecule has 146 valence electrons. The first-order valence-corrected chi connectivity index (χ1v) is 9.96. The minimum absolute atomic E-state index is 0.0578. The van der Waals surface area contributed by atoms with Gasteiger partial charge in [0.2, 0.25) is 6.10 Å². The number of anilines is 1. The zero-order chi connectivity index (χ0) is 18.9. The third-order valence-corrected chi connectivity index (χ3v) is 5.59. The van der Waals surface area contributed by atoms with Gasteiger partial charge in [-0.1, -0.05) is 12.1 Å². The van der Waals surface area contributed by atoms with E-state index in [1.807, 2.05) is 35.2 Å². The second-order valence-electron chi connectivity index (χ2n) is 7.46. The molecule has 0 aromatic heterocycles. The van der Waals surface area contributed by atoms with Gasteiger partial charge in [0, 0.05) is 30.9 Å². The van der Waals surface area contributed by atoms with Crippen LogP contribution in [0.5, 0.6) is 17.2 Å². The van der Waals surface area contributed by atoms with E-state index in [9.17, 15) is 4.79 Å². The number of ether oxygens (including phenoxy) is 3. The van der Waals surface area contributed by atoms with E-state index < -0.39 is 6.10 Å². The normalized spacial score (nSPS) is 20.9. The first-order valence-electron chi connectivity index (χ1n) is 9.96. The lowest BCUT2D eigenvalue weighted by molar-refractivity contribution is -0.142. The zero-order valence-electron chi connectivity index (χ0n) is 15.8. The lowest BCUT2D eigenvalue weighted by Gasteiger charge is -2.30. The van der Waals surface area contributed by atoms with Crippen molar-refractivity contribution in [2.75, 3.05) is 37.7 Å². The molecule has 1 unspecified atom stereocenters. The van der Waals surface area contributed by atoms with Crippen LogP contribution in [0, 0.1) is 0 Å². The maximum absolute atomic E-state index is 13.1. The van der Waals surface area contributed by atoms with Crippen LogP contribution in [-0.4, -0.2) is 49.8 Å². The minimum Gasteiger partial charge on any atom is -0.491 e. The van der Waals surface area contributed by atoms with Crippen molar-refractivity contribution in [3.63, 3.8) is 0 Å². The summed E-state index contributed by atoms with van der Waals surface area (Å²) >= 11 is 0. The van der Waals surface area contributed by atoms with Gasteiger partial charge in [0.1, 0.15) is 19.0 Å². The molecule has 0 spiro atoms. The highest BCUT2D eigenvalue weighted by atomic mass is 16.6. The van der Waals surface area contributed by atoms with Crippen LogP contribution in [0.3, 0.4) is 0 Å². The number of fused-ring (bicyclic) bond motifs is 2. The highest BCUT2D eigenvalue weighted by molar-refractivity contribution is 5.82. The summed E-state index contributed by atoms with van der Waals surface area (Å²) in [5.41, 5.74) is 2.26. The number of nitrogens with zero attached hydrogens (tertiary/aromatic N) is 2. The molecule has 0 radical (unpaired) electrons. The van der Waals surface area contributed by atoms with E-state index in [1.165, 1.54) is 18.5 Å². The predicted molar refractivity (Wildman–Crippen MR) is 105 cm³/mol. The summed E-state index contributed by atoms with van der Waals surface area (Å²) < 4.78 is 17.5. The molecule has 3 aliphatic rings. The van der Waals surface area contributed by atoms with Crippen molar-refractivity contribution in [1.82, 2.24) is 4.90 Å². The average molecular weight is 380 g/mol.